The Bertz CT molecular complexity index is 1360. The third-order valence-electron chi connectivity index (χ3n) is 8.27. The normalized spacial score (nSPS) is 19.2. The van der Waals surface area contributed by atoms with E-state index < -0.39 is 24.2 Å². The number of aliphatic hydroxyl groups excluding tert-OH is 2. The molecule has 3 aromatic carbocycles. The van der Waals surface area contributed by atoms with Gasteiger partial charge in [0.25, 0.3) is 5.91 Å². The minimum atomic E-state index is -1.73. The summed E-state index contributed by atoms with van der Waals surface area (Å²) in [6.07, 6.45) is -0.444. The number of carbonyl (C=O) groups is 2. The standard InChI is InChI=1S/C33H37Cl2N3O4/c34-27-11-10-22(16-28(27)35)17-29(37-30(39)18-23-14-24-8-4-5-9-25(24)15-23)31(40)32(41)33(42)36-26-12-13-38(20-26)19-21-6-2-1-3-7-21/h1-11,16,23,26,29,31-32,40-41H,12-15,17-20H2,(H,36,42)(H,37,39). The van der Waals surface area contributed by atoms with E-state index in [2.05, 4.69) is 39.8 Å². The molecule has 4 unspecified atom stereocenters. The number of hydrogen-bond donors (Lipinski definition) is 4. The summed E-state index contributed by atoms with van der Waals surface area (Å²) in [5, 5.41) is 28.7. The summed E-state index contributed by atoms with van der Waals surface area (Å²) >= 11 is 12.3. The summed E-state index contributed by atoms with van der Waals surface area (Å²) in [5.74, 6) is -0.745. The van der Waals surface area contributed by atoms with Crippen LogP contribution in [-0.4, -0.2) is 64.3 Å². The molecule has 1 saturated heterocycles. The van der Waals surface area contributed by atoms with Crippen LogP contribution in [0.3, 0.4) is 0 Å². The fraction of sp³-hybridized carbons (Fsp3) is 0.394. The number of amides is 2. The lowest BCUT2D eigenvalue weighted by Gasteiger charge is -2.28. The maximum absolute atomic E-state index is 13.2. The molecule has 1 fully saturated rings. The van der Waals surface area contributed by atoms with Crippen molar-refractivity contribution in [2.75, 3.05) is 13.1 Å². The summed E-state index contributed by atoms with van der Waals surface area (Å²) in [6.45, 7) is 2.25. The van der Waals surface area contributed by atoms with Crippen molar-refractivity contribution in [2.45, 2.75) is 62.9 Å². The van der Waals surface area contributed by atoms with Gasteiger partial charge in [0.2, 0.25) is 5.91 Å². The first-order valence-corrected chi connectivity index (χ1v) is 15.2. The summed E-state index contributed by atoms with van der Waals surface area (Å²) in [4.78, 5) is 28.5. The lowest BCUT2D eigenvalue weighted by Crippen LogP contribution is -2.55. The predicted molar refractivity (Wildman–Crippen MR) is 164 cm³/mol. The van der Waals surface area contributed by atoms with Gasteiger partial charge in [0, 0.05) is 32.1 Å². The molecule has 0 saturated carbocycles. The van der Waals surface area contributed by atoms with Crippen LogP contribution in [0.15, 0.2) is 72.8 Å². The Morgan fingerprint density at radius 1 is 0.905 bits per heavy atom. The second kappa shape index (κ2) is 14.0. The number of nitrogens with one attached hydrogen (secondary N) is 2. The van der Waals surface area contributed by atoms with E-state index in [9.17, 15) is 19.8 Å². The zero-order valence-electron chi connectivity index (χ0n) is 23.4. The van der Waals surface area contributed by atoms with Crippen LogP contribution < -0.4 is 10.6 Å². The van der Waals surface area contributed by atoms with Crippen LogP contribution in [0, 0.1) is 5.92 Å². The first-order valence-electron chi connectivity index (χ1n) is 14.5. The van der Waals surface area contributed by atoms with E-state index in [-0.39, 0.29) is 30.7 Å². The number of carbonyl (C=O) groups excluding carboxylic acids is 2. The molecule has 0 radical (unpaired) electrons. The second-order valence-corrected chi connectivity index (χ2v) is 12.3. The Hall–Kier alpha value is -2.94. The maximum Gasteiger partial charge on any atom is 0.251 e. The lowest BCUT2D eigenvalue weighted by molar-refractivity contribution is -0.138. The molecule has 4 atom stereocenters. The van der Waals surface area contributed by atoms with Gasteiger partial charge in [-0.15, -0.1) is 0 Å². The molecule has 42 heavy (non-hydrogen) atoms. The summed E-state index contributed by atoms with van der Waals surface area (Å²) in [7, 11) is 0. The van der Waals surface area contributed by atoms with Crippen LogP contribution in [0.5, 0.6) is 0 Å². The van der Waals surface area contributed by atoms with Gasteiger partial charge >= 0.3 is 0 Å². The highest BCUT2D eigenvalue weighted by Gasteiger charge is 2.35. The molecule has 0 bridgehead atoms. The molecule has 0 aromatic heterocycles. The van der Waals surface area contributed by atoms with E-state index in [0.29, 0.717) is 22.2 Å². The molecule has 2 aliphatic rings. The topological polar surface area (TPSA) is 102 Å². The maximum atomic E-state index is 13.2. The Labute approximate surface area is 256 Å². The smallest absolute Gasteiger partial charge is 0.251 e. The highest BCUT2D eigenvalue weighted by molar-refractivity contribution is 6.42. The fourth-order valence-electron chi connectivity index (χ4n) is 6.10. The molecule has 4 N–H and O–H groups in total. The highest BCUT2D eigenvalue weighted by atomic mass is 35.5. The zero-order valence-corrected chi connectivity index (χ0v) is 24.9. The SMILES string of the molecule is O=C(CC1Cc2ccccc2C1)NC(Cc1ccc(Cl)c(Cl)c1)C(O)C(O)C(=O)NC1CCN(Cc2ccccc2)C1. The van der Waals surface area contributed by atoms with Crippen LogP contribution in [0.2, 0.25) is 10.0 Å². The van der Waals surface area contributed by atoms with E-state index in [1.165, 1.54) is 16.7 Å². The van der Waals surface area contributed by atoms with Gasteiger partial charge < -0.3 is 20.8 Å². The Balaban J connectivity index is 1.20. The van der Waals surface area contributed by atoms with Crippen molar-refractivity contribution in [3.8, 4) is 0 Å². The van der Waals surface area contributed by atoms with E-state index in [1.54, 1.807) is 18.2 Å². The van der Waals surface area contributed by atoms with Crippen molar-refractivity contribution in [3.05, 3.63) is 105 Å². The van der Waals surface area contributed by atoms with Gasteiger partial charge in [-0.1, -0.05) is 83.9 Å². The number of aliphatic hydroxyl groups is 2. The second-order valence-electron chi connectivity index (χ2n) is 11.5. The molecular formula is C33H37Cl2N3O4. The van der Waals surface area contributed by atoms with Gasteiger partial charge in [0.05, 0.1) is 16.1 Å². The molecule has 2 amide bonds. The van der Waals surface area contributed by atoms with Crippen molar-refractivity contribution in [1.82, 2.24) is 15.5 Å². The zero-order chi connectivity index (χ0) is 29.6. The monoisotopic (exact) mass is 609 g/mol. The summed E-state index contributed by atoms with van der Waals surface area (Å²) in [5.41, 5.74) is 4.41. The lowest BCUT2D eigenvalue weighted by atomic mass is 9.95. The van der Waals surface area contributed by atoms with E-state index in [1.807, 2.05) is 30.3 Å². The highest BCUT2D eigenvalue weighted by Crippen LogP contribution is 2.29. The van der Waals surface area contributed by atoms with Crippen LogP contribution in [0.25, 0.3) is 0 Å². The van der Waals surface area contributed by atoms with Gasteiger partial charge in [0.15, 0.2) is 6.10 Å². The van der Waals surface area contributed by atoms with Crippen molar-refractivity contribution < 1.29 is 19.8 Å². The molecule has 9 heteroatoms. The van der Waals surface area contributed by atoms with Gasteiger partial charge in [-0.25, -0.2) is 0 Å². The third-order valence-corrected chi connectivity index (χ3v) is 9.01. The first kappa shape index (κ1) is 30.5. The van der Waals surface area contributed by atoms with Crippen LogP contribution in [-0.2, 0) is 35.4 Å². The Morgan fingerprint density at radius 2 is 1.60 bits per heavy atom. The molecule has 7 nitrogen and oxygen atoms in total. The number of hydrogen-bond acceptors (Lipinski definition) is 5. The quantitative estimate of drug-likeness (QED) is 0.264. The average Bonchev–Trinajstić information content (AvgIpc) is 3.60. The van der Waals surface area contributed by atoms with Crippen molar-refractivity contribution in [2.24, 2.45) is 5.92 Å². The van der Waals surface area contributed by atoms with Crippen molar-refractivity contribution >= 4 is 35.0 Å². The molecule has 1 aliphatic carbocycles. The number of rotatable bonds is 11. The largest absolute Gasteiger partial charge is 0.388 e. The Kier molecular flexibility index (Phi) is 10.2. The van der Waals surface area contributed by atoms with Crippen LogP contribution in [0.1, 0.15) is 35.1 Å². The molecule has 1 aliphatic heterocycles. The molecule has 1 heterocycles. The number of nitrogens with zero attached hydrogens (tertiary/aromatic N) is 1. The number of likely N-dealkylation sites (tertiary alicyclic amines) is 1. The van der Waals surface area contributed by atoms with Crippen molar-refractivity contribution in [3.63, 3.8) is 0 Å². The van der Waals surface area contributed by atoms with Crippen LogP contribution in [0.4, 0.5) is 0 Å². The van der Waals surface area contributed by atoms with E-state index >= 15 is 0 Å². The molecule has 5 rings (SSSR count). The van der Waals surface area contributed by atoms with E-state index in [0.717, 1.165) is 32.4 Å². The van der Waals surface area contributed by atoms with Crippen molar-refractivity contribution in [1.29, 1.82) is 0 Å². The van der Waals surface area contributed by atoms with Gasteiger partial charge in [-0.05, 0) is 66.0 Å². The molecule has 222 valence electrons. The van der Waals surface area contributed by atoms with E-state index in [4.69, 9.17) is 23.2 Å². The van der Waals surface area contributed by atoms with Crippen LogP contribution >= 0.6 is 23.2 Å². The van der Waals surface area contributed by atoms with Gasteiger partial charge in [-0.3, -0.25) is 14.5 Å². The average molecular weight is 611 g/mol. The predicted octanol–water partition coefficient (Wildman–Crippen LogP) is 3.94. The number of fused-ring (bicyclic) bond motifs is 1. The molecular weight excluding hydrogens is 573 g/mol. The Morgan fingerprint density at radius 3 is 2.29 bits per heavy atom. The minimum Gasteiger partial charge on any atom is -0.388 e. The third kappa shape index (κ3) is 7.91. The first-order chi connectivity index (χ1) is 20.2. The van der Waals surface area contributed by atoms with Gasteiger partial charge in [0.1, 0.15) is 6.10 Å². The molecule has 0 spiro atoms. The number of benzene rings is 3. The van der Waals surface area contributed by atoms with Gasteiger partial charge in [-0.2, -0.15) is 0 Å². The fourth-order valence-corrected chi connectivity index (χ4v) is 6.42. The summed E-state index contributed by atoms with van der Waals surface area (Å²) in [6, 6.07) is 22.3. The number of halogens is 2. The minimum absolute atomic E-state index is 0.143. The summed E-state index contributed by atoms with van der Waals surface area (Å²) < 4.78 is 0. The molecule has 3 aromatic rings.